The van der Waals surface area contributed by atoms with E-state index in [-0.39, 0.29) is 37.3 Å². The molecule has 0 aliphatic carbocycles. The Morgan fingerprint density at radius 3 is 2.53 bits per heavy atom. The number of hydrogen-bond donors (Lipinski definition) is 4. The van der Waals surface area contributed by atoms with Crippen molar-refractivity contribution in [2.24, 2.45) is 5.92 Å². The summed E-state index contributed by atoms with van der Waals surface area (Å²) in [5.74, 6) is -0.0481. The fraction of sp³-hybridized carbons (Fsp3) is 0.324. The molecule has 1 atom stereocenters. The van der Waals surface area contributed by atoms with Gasteiger partial charge in [-0.25, -0.2) is 0 Å². The summed E-state index contributed by atoms with van der Waals surface area (Å²) in [5.41, 5.74) is 5.83. The quantitative estimate of drug-likeness (QED) is 0.171. The number of rotatable bonds is 12. The third-order valence-electron chi connectivity index (χ3n) is 8.21. The number of carbonyl (C=O) groups is 2. The first-order valence-electron chi connectivity index (χ1n) is 14.8. The Bertz CT molecular complexity index is 1650. The van der Waals surface area contributed by atoms with Gasteiger partial charge in [0.2, 0.25) is 0 Å². The first-order valence-corrected chi connectivity index (χ1v) is 15.2. The number of halogens is 1. The van der Waals surface area contributed by atoms with E-state index in [1.165, 1.54) is 0 Å². The van der Waals surface area contributed by atoms with Crippen LogP contribution in [0.5, 0.6) is 5.75 Å². The molecule has 3 aromatic carbocycles. The van der Waals surface area contributed by atoms with Crippen LogP contribution in [0.4, 0.5) is 0 Å². The second-order valence-corrected chi connectivity index (χ2v) is 11.6. The van der Waals surface area contributed by atoms with E-state index < -0.39 is 18.6 Å². The van der Waals surface area contributed by atoms with Crippen LogP contribution in [-0.2, 0) is 17.9 Å². The van der Waals surface area contributed by atoms with Crippen molar-refractivity contribution in [3.63, 3.8) is 0 Å². The predicted molar refractivity (Wildman–Crippen MR) is 169 cm³/mol. The van der Waals surface area contributed by atoms with Crippen molar-refractivity contribution in [2.45, 2.75) is 39.0 Å². The van der Waals surface area contributed by atoms with Crippen molar-refractivity contribution in [1.29, 1.82) is 0 Å². The topological polar surface area (TPSA) is 145 Å². The maximum atomic E-state index is 13.0. The summed E-state index contributed by atoms with van der Waals surface area (Å²) in [6, 6.07) is 19.7. The van der Waals surface area contributed by atoms with Gasteiger partial charge in [0, 0.05) is 37.9 Å². The number of carboxylic acids is 1. The molecule has 1 saturated heterocycles. The van der Waals surface area contributed by atoms with Gasteiger partial charge in [0.1, 0.15) is 18.4 Å². The number of piperidine rings is 1. The highest BCUT2D eigenvalue weighted by atomic mass is 35.5. The van der Waals surface area contributed by atoms with Crippen molar-refractivity contribution in [2.75, 3.05) is 26.3 Å². The van der Waals surface area contributed by atoms with Gasteiger partial charge < -0.3 is 29.5 Å². The molecule has 4 aromatic rings. The zero-order valence-electron chi connectivity index (χ0n) is 24.9. The molecule has 1 aliphatic rings. The summed E-state index contributed by atoms with van der Waals surface area (Å²) in [4.78, 5) is 25.9. The summed E-state index contributed by atoms with van der Waals surface area (Å²) in [6.07, 6.45) is 1.55. The van der Waals surface area contributed by atoms with Gasteiger partial charge >= 0.3 is 5.97 Å². The van der Waals surface area contributed by atoms with Gasteiger partial charge in [-0.05, 0) is 71.7 Å². The molecule has 5 rings (SSSR count). The van der Waals surface area contributed by atoms with E-state index in [0.29, 0.717) is 29.6 Å². The summed E-state index contributed by atoms with van der Waals surface area (Å²) >= 11 is 6.46. The molecule has 1 amide bonds. The second kappa shape index (κ2) is 14.7. The fourth-order valence-corrected chi connectivity index (χ4v) is 5.64. The number of aliphatic hydroxyl groups is 2. The maximum Gasteiger partial charge on any atom is 0.323 e. The smallest absolute Gasteiger partial charge is 0.323 e. The van der Waals surface area contributed by atoms with Crippen LogP contribution < -0.4 is 10.1 Å². The Kier molecular flexibility index (Phi) is 10.5. The standard InChI is InChI=1S/C34H36ClN3O7/c1-21-26(20-44-31-9-8-23(14-28(31)35)17-36-30(19-40)34(42)43)6-3-7-27(21)24-4-2-5-25(15-24)32-16-29(37-45-32)33(41)38-12-10-22(18-39)11-13-38/h2-9,14-16,22,30,36,39-40H,10-13,17-20H2,1H3,(H,42,43)/t30-/m1/s1. The van der Waals surface area contributed by atoms with E-state index >= 15 is 0 Å². The van der Waals surface area contributed by atoms with Gasteiger partial charge in [-0.1, -0.05) is 59.2 Å². The van der Waals surface area contributed by atoms with E-state index in [4.69, 9.17) is 26.0 Å². The van der Waals surface area contributed by atoms with Crippen molar-refractivity contribution >= 4 is 23.5 Å². The minimum atomic E-state index is -1.13. The number of aliphatic hydroxyl groups excluding tert-OH is 2. The Balaban J connectivity index is 1.25. The molecule has 0 bridgehead atoms. The number of aliphatic carboxylic acids is 1. The number of carboxylic acid groups (broad SMARTS) is 1. The van der Waals surface area contributed by atoms with Crippen LogP contribution in [0.3, 0.4) is 0 Å². The molecule has 0 radical (unpaired) electrons. The van der Waals surface area contributed by atoms with E-state index in [9.17, 15) is 19.8 Å². The number of benzene rings is 3. The van der Waals surface area contributed by atoms with Gasteiger partial charge in [-0.15, -0.1) is 0 Å². The molecule has 0 unspecified atom stereocenters. The van der Waals surface area contributed by atoms with Crippen molar-refractivity contribution in [3.05, 3.63) is 94.1 Å². The molecule has 1 aliphatic heterocycles. The largest absolute Gasteiger partial charge is 0.487 e. The van der Waals surface area contributed by atoms with Crippen molar-refractivity contribution < 1.29 is 34.2 Å². The highest BCUT2D eigenvalue weighted by Gasteiger charge is 2.25. The van der Waals surface area contributed by atoms with Gasteiger partial charge in [-0.3, -0.25) is 14.9 Å². The second-order valence-electron chi connectivity index (χ2n) is 11.2. The first kappa shape index (κ1) is 32.2. The Hall–Kier alpha value is -4.22. The molecular weight excluding hydrogens is 598 g/mol. The van der Waals surface area contributed by atoms with Crippen LogP contribution in [0.25, 0.3) is 22.5 Å². The zero-order chi connectivity index (χ0) is 31.9. The molecule has 45 heavy (non-hydrogen) atoms. The highest BCUT2D eigenvalue weighted by molar-refractivity contribution is 6.32. The van der Waals surface area contributed by atoms with Crippen LogP contribution in [0.15, 0.2) is 71.3 Å². The molecule has 4 N–H and O–H groups in total. The molecule has 236 valence electrons. The lowest BCUT2D eigenvalue weighted by molar-refractivity contribution is -0.140. The molecular formula is C34H36ClN3O7. The maximum absolute atomic E-state index is 13.0. The summed E-state index contributed by atoms with van der Waals surface area (Å²) < 4.78 is 11.6. The zero-order valence-corrected chi connectivity index (χ0v) is 25.7. The minimum absolute atomic E-state index is 0.147. The Morgan fingerprint density at radius 2 is 1.82 bits per heavy atom. The van der Waals surface area contributed by atoms with Gasteiger partial charge in [0.05, 0.1) is 11.6 Å². The van der Waals surface area contributed by atoms with Gasteiger partial charge in [0.25, 0.3) is 5.91 Å². The first-order chi connectivity index (χ1) is 21.8. The van der Waals surface area contributed by atoms with Crippen molar-refractivity contribution in [1.82, 2.24) is 15.4 Å². The predicted octanol–water partition coefficient (Wildman–Crippen LogP) is 4.93. The Morgan fingerprint density at radius 1 is 1.07 bits per heavy atom. The van der Waals surface area contributed by atoms with Gasteiger partial charge in [0.15, 0.2) is 11.5 Å². The molecule has 1 fully saturated rings. The van der Waals surface area contributed by atoms with Crippen molar-refractivity contribution in [3.8, 4) is 28.2 Å². The van der Waals surface area contributed by atoms with Gasteiger partial charge in [-0.2, -0.15) is 0 Å². The van der Waals surface area contributed by atoms with Crippen LogP contribution in [0.2, 0.25) is 5.02 Å². The number of carbonyl (C=O) groups excluding carboxylic acids is 1. The molecule has 0 saturated carbocycles. The van der Waals surface area contributed by atoms with Crippen LogP contribution >= 0.6 is 11.6 Å². The lowest BCUT2D eigenvalue weighted by atomic mass is 9.95. The molecule has 2 heterocycles. The third-order valence-corrected chi connectivity index (χ3v) is 8.50. The molecule has 0 spiro atoms. The lowest BCUT2D eigenvalue weighted by Crippen LogP contribution is -2.39. The number of nitrogens with one attached hydrogen (secondary N) is 1. The number of ether oxygens (including phenoxy) is 1. The van der Waals surface area contributed by atoms with Crippen LogP contribution in [-0.4, -0.2) is 69.6 Å². The minimum Gasteiger partial charge on any atom is -0.487 e. The average Bonchev–Trinajstić information content (AvgIpc) is 3.55. The Labute approximate surface area is 266 Å². The number of amides is 1. The van der Waals surface area contributed by atoms with E-state index in [1.807, 2.05) is 49.4 Å². The van der Waals surface area contributed by atoms with E-state index in [0.717, 1.165) is 46.2 Å². The average molecular weight is 634 g/mol. The molecule has 1 aromatic heterocycles. The van der Waals surface area contributed by atoms with Crippen LogP contribution in [0.1, 0.15) is 40.0 Å². The monoisotopic (exact) mass is 633 g/mol. The number of aromatic nitrogens is 1. The summed E-state index contributed by atoms with van der Waals surface area (Å²) in [7, 11) is 0. The number of hydrogen-bond acceptors (Lipinski definition) is 8. The number of nitrogens with zero attached hydrogens (tertiary/aromatic N) is 2. The molecule has 11 heteroatoms. The summed E-state index contributed by atoms with van der Waals surface area (Å²) in [6.45, 7) is 3.37. The molecule has 10 nitrogen and oxygen atoms in total. The normalized spacial score (nSPS) is 14.4. The third kappa shape index (κ3) is 7.72. The number of likely N-dealkylation sites (tertiary alicyclic amines) is 1. The lowest BCUT2D eigenvalue weighted by Gasteiger charge is -2.30. The summed E-state index contributed by atoms with van der Waals surface area (Å²) in [5, 5.41) is 34.9. The van der Waals surface area contributed by atoms with Crippen LogP contribution in [0, 0.1) is 12.8 Å². The fourth-order valence-electron chi connectivity index (χ4n) is 5.38. The van der Waals surface area contributed by atoms with E-state index in [2.05, 4.69) is 10.5 Å². The van der Waals surface area contributed by atoms with E-state index in [1.54, 1.807) is 29.2 Å². The highest BCUT2D eigenvalue weighted by Crippen LogP contribution is 2.32. The SMILES string of the molecule is Cc1c(COc2ccc(CN[C@H](CO)C(=O)O)cc2Cl)cccc1-c1cccc(-c2cc(C(=O)N3CCC(CO)CC3)no2)c1.